The summed E-state index contributed by atoms with van der Waals surface area (Å²) in [6, 6.07) is 3.69. The van der Waals surface area contributed by atoms with E-state index in [-0.39, 0.29) is 47.7 Å². The maximum Gasteiger partial charge on any atom is 1.00 e. The van der Waals surface area contributed by atoms with Crippen LogP contribution in [0.25, 0.3) is 0 Å². The van der Waals surface area contributed by atoms with Gasteiger partial charge in [0.15, 0.2) is 0 Å². The molecule has 0 aliphatic carbocycles. The summed E-state index contributed by atoms with van der Waals surface area (Å²) >= 11 is 0. The average Bonchev–Trinajstić information content (AvgIpc) is 2.93. The summed E-state index contributed by atoms with van der Waals surface area (Å²) in [7, 11) is 0.967. The molecule has 0 radical (unpaired) electrons. The Morgan fingerprint density at radius 1 is 0.837 bits per heavy atom. The first-order valence-electron chi connectivity index (χ1n) is 14.5. The number of hydrogen-bond donors (Lipinski definition) is 1. The zero-order chi connectivity index (χ0) is 29.9. The molecule has 6 rings (SSSR count). The second-order valence-electron chi connectivity index (χ2n) is 11.9. The van der Waals surface area contributed by atoms with Gasteiger partial charge in [0.1, 0.15) is 28.6 Å². The molecule has 1 unspecified atom stereocenters. The summed E-state index contributed by atoms with van der Waals surface area (Å²) in [4.78, 5) is 13.2. The van der Waals surface area contributed by atoms with E-state index in [0.29, 0.717) is 51.0 Å². The third kappa shape index (κ3) is 5.84. The molecule has 43 heavy (non-hydrogen) atoms. The van der Waals surface area contributed by atoms with Crippen molar-refractivity contribution in [1.29, 1.82) is 0 Å². The van der Waals surface area contributed by atoms with Crippen molar-refractivity contribution in [1.82, 2.24) is 9.80 Å². The first kappa shape index (κ1) is 32.6. The first-order valence-corrected chi connectivity index (χ1v) is 15.9. The third-order valence-electron chi connectivity index (χ3n) is 8.66. The minimum absolute atomic E-state index is 0. The van der Waals surface area contributed by atoms with Gasteiger partial charge in [0, 0.05) is 63.2 Å². The molecule has 2 bridgehead atoms. The number of methoxy groups -OCH3 is 1. The van der Waals surface area contributed by atoms with Crippen LogP contribution in [0.1, 0.15) is 36.1 Å². The van der Waals surface area contributed by atoms with E-state index in [0.717, 1.165) is 42.3 Å². The Kier molecular flexibility index (Phi) is 9.49. The van der Waals surface area contributed by atoms with Crippen molar-refractivity contribution < 1.29 is 57.1 Å². The molecule has 1 atom stereocenters. The SMILES string of the molecule is CCN1CN(C)Cc2cc(OCC(O)COC)c3c(c21)CN1CN3Cc2cc(S(=O)(=O)[O-])c3c(c21)CN(C)CN3CC.[Na+]. The molecule has 230 valence electrons. The Hall–Kier alpha value is -1.81. The van der Waals surface area contributed by atoms with E-state index in [1.54, 1.807) is 13.2 Å². The number of aliphatic hydroxyl groups excluding tert-OH is 1. The Balaban J connectivity index is 0.00000368. The minimum atomic E-state index is -4.71. The third-order valence-corrected chi connectivity index (χ3v) is 9.51. The van der Waals surface area contributed by atoms with Crippen molar-refractivity contribution in [3.63, 3.8) is 0 Å². The molecule has 0 saturated heterocycles. The molecule has 12 nitrogen and oxygen atoms in total. The summed E-state index contributed by atoms with van der Waals surface area (Å²) in [6.45, 7) is 10.2. The molecule has 0 amide bonds. The van der Waals surface area contributed by atoms with Crippen molar-refractivity contribution >= 4 is 32.9 Å². The van der Waals surface area contributed by atoms with E-state index >= 15 is 0 Å². The molecule has 4 aliphatic rings. The number of rotatable bonds is 8. The molecular weight excluding hydrogens is 583 g/mol. The van der Waals surface area contributed by atoms with Crippen molar-refractivity contribution in [2.75, 3.05) is 87.1 Å². The maximum absolute atomic E-state index is 12.6. The first-order chi connectivity index (χ1) is 20.0. The van der Waals surface area contributed by atoms with Crippen molar-refractivity contribution in [3.05, 3.63) is 34.4 Å². The van der Waals surface area contributed by atoms with Crippen LogP contribution in [-0.2, 0) is 41.0 Å². The molecule has 0 aromatic heterocycles. The van der Waals surface area contributed by atoms with Gasteiger partial charge in [-0.15, -0.1) is 0 Å². The van der Waals surface area contributed by atoms with Crippen molar-refractivity contribution in [2.24, 2.45) is 0 Å². The van der Waals surface area contributed by atoms with Crippen LogP contribution in [0.4, 0.5) is 22.7 Å². The largest absolute Gasteiger partial charge is 1.00 e. The second kappa shape index (κ2) is 12.5. The van der Waals surface area contributed by atoms with Crippen molar-refractivity contribution in [3.8, 4) is 5.75 Å². The van der Waals surface area contributed by atoms with E-state index in [9.17, 15) is 18.1 Å². The van der Waals surface area contributed by atoms with Gasteiger partial charge in [-0.1, -0.05) is 0 Å². The summed E-state index contributed by atoms with van der Waals surface area (Å²) < 4.78 is 49.2. The van der Waals surface area contributed by atoms with Gasteiger partial charge in [0.25, 0.3) is 0 Å². The van der Waals surface area contributed by atoms with Crippen LogP contribution in [0.3, 0.4) is 0 Å². The van der Waals surface area contributed by atoms with E-state index < -0.39 is 16.2 Å². The summed E-state index contributed by atoms with van der Waals surface area (Å²) in [5.41, 5.74) is 7.81. The topological polar surface area (TPSA) is 115 Å². The van der Waals surface area contributed by atoms with E-state index in [1.165, 1.54) is 16.8 Å². The number of anilines is 4. The number of ether oxygens (including phenoxy) is 2. The van der Waals surface area contributed by atoms with Crippen LogP contribution in [0.15, 0.2) is 17.0 Å². The summed E-state index contributed by atoms with van der Waals surface area (Å²) in [5.74, 6) is 0.694. The number of hydrogen-bond acceptors (Lipinski definition) is 12. The maximum atomic E-state index is 12.6. The molecule has 4 aliphatic heterocycles. The number of fused-ring (bicyclic) bond motifs is 10. The molecule has 2 aromatic rings. The molecule has 1 N–H and O–H groups in total. The quantitative estimate of drug-likeness (QED) is 0.279. The van der Waals surface area contributed by atoms with Gasteiger partial charge in [-0.25, -0.2) is 8.42 Å². The van der Waals surface area contributed by atoms with Crippen LogP contribution in [0.2, 0.25) is 0 Å². The molecule has 4 heterocycles. The molecule has 14 heteroatoms. The summed E-state index contributed by atoms with van der Waals surface area (Å²) in [6.07, 6.45) is -0.770. The summed E-state index contributed by atoms with van der Waals surface area (Å²) in [5, 5.41) is 10.4. The normalized spacial score (nSPS) is 18.9. The van der Waals surface area contributed by atoms with Crippen LogP contribution >= 0.6 is 0 Å². The fourth-order valence-electron chi connectivity index (χ4n) is 7.15. The predicted octanol–water partition coefficient (Wildman–Crippen LogP) is -1.26. The Morgan fingerprint density at radius 3 is 2.09 bits per heavy atom. The monoisotopic (exact) mass is 624 g/mol. The zero-order valence-electron chi connectivity index (χ0n) is 26.1. The van der Waals surface area contributed by atoms with Gasteiger partial charge >= 0.3 is 29.6 Å². The average molecular weight is 625 g/mol. The van der Waals surface area contributed by atoms with Gasteiger partial charge in [-0.2, -0.15) is 0 Å². The molecule has 0 saturated carbocycles. The molecular formula is C29H41N6NaO6S. The van der Waals surface area contributed by atoms with Gasteiger partial charge < -0.3 is 38.7 Å². The Bertz CT molecular complexity index is 1490. The van der Waals surface area contributed by atoms with E-state index in [1.807, 2.05) is 18.9 Å². The number of benzene rings is 2. The van der Waals surface area contributed by atoms with Gasteiger partial charge in [0.2, 0.25) is 0 Å². The van der Waals surface area contributed by atoms with Crippen LogP contribution < -0.4 is 53.9 Å². The van der Waals surface area contributed by atoms with Crippen LogP contribution in [-0.4, -0.2) is 101 Å². The number of aliphatic hydroxyl groups is 1. The van der Waals surface area contributed by atoms with Crippen LogP contribution in [0, 0.1) is 0 Å². The van der Waals surface area contributed by atoms with Crippen LogP contribution in [0.5, 0.6) is 5.75 Å². The van der Waals surface area contributed by atoms with Gasteiger partial charge in [0.05, 0.1) is 48.6 Å². The van der Waals surface area contributed by atoms with Crippen molar-refractivity contribution in [2.45, 2.75) is 51.0 Å². The van der Waals surface area contributed by atoms with E-state index in [4.69, 9.17) is 9.47 Å². The smallest absolute Gasteiger partial charge is 0.744 e. The minimum Gasteiger partial charge on any atom is -0.744 e. The number of nitrogens with zero attached hydrogens (tertiary/aromatic N) is 6. The standard InChI is InChI=1S/C29H42N6O6S.Na/c1-6-32-16-30(3)10-19-8-24(41-15-21(36)14-40-5)28-23(26(19)32)13-35-18-34(28)11-20-9-25(42(37,38)39)29-22(27(20)35)12-31(4)17-33(29)7-2;/h8-9,21,36H,6-7,10-18H2,1-5H3,(H,37,38,39);/q;+1/p-1. The zero-order valence-corrected chi connectivity index (χ0v) is 28.9. The van der Waals surface area contributed by atoms with E-state index in [2.05, 4.69) is 44.5 Å². The molecule has 0 fully saturated rings. The second-order valence-corrected chi connectivity index (χ2v) is 13.2. The Morgan fingerprint density at radius 2 is 1.44 bits per heavy atom. The molecule has 2 aromatic carbocycles. The predicted molar refractivity (Wildman–Crippen MR) is 160 cm³/mol. The van der Waals surface area contributed by atoms with Gasteiger partial charge in [-0.05, 0) is 51.2 Å². The van der Waals surface area contributed by atoms with Gasteiger partial charge in [-0.3, -0.25) is 9.80 Å². The Labute approximate surface area is 276 Å². The fourth-order valence-corrected chi connectivity index (χ4v) is 7.93. The molecule has 0 spiro atoms. The fraction of sp³-hybridized carbons (Fsp3) is 0.586.